The first-order valence-electron chi connectivity index (χ1n) is 9.51. The van der Waals surface area contributed by atoms with Crippen molar-refractivity contribution in [1.82, 2.24) is 29.4 Å². The molecule has 27 heavy (non-hydrogen) atoms. The van der Waals surface area contributed by atoms with Gasteiger partial charge in [-0.2, -0.15) is 10.2 Å². The molecule has 4 aromatic heterocycles. The molecule has 1 aliphatic carbocycles. The number of hydrogen-bond donors (Lipinski definition) is 0. The van der Waals surface area contributed by atoms with E-state index in [1.807, 2.05) is 52.2 Å². The van der Waals surface area contributed by atoms with Crippen molar-refractivity contribution < 1.29 is 0 Å². The Morgan fingerprint density at radius 2 is 1.85 bits per heavy atom. The first-order valence-corrected chi connectivity index (χ1v) is 9.51. The van der Waals surface area contributed by atoms with Crippen molar-refractivity contribution in [3.05, 3.63) is 54.9 Å². The lowest BCUT2D eigenvalue weighted by Crippen LogP contribution is -2.04. The second-order valence-corrected chi connectivity index (χ2v) is 7.68. The van der Waals surface area contributed by atoms with Gasteiger partial charge in [-0.3, -0.25) is 9.67 Å². The normalized spacial score (nSPS) is 14.3. The maximum Gasteiger partial charge on any atom is 0.162 e. The number of hydrogen-bond acceptors (Lipinski definition) is 4. The van der Waals surface area contributed by atoms with Gasteiger partial charge in [-0.05, 0) is 42.5 Å². The second-order valence-electron chi connectivity index (χ2n) is 7.68. The van der Waals surface area contributed by atoms with E-state index >= 15 is 0 Å². The van der Waals surface area contributed by atoms with Crippen LogP contribution in [-0.2, 0) is 6.54 Å². The number of aromatic nitrogens is 6. The molecule has 0 saturated heterocycles. The van der Waals surface area contributed by atoms with Gasteiger partial charge >= 0.3 is 0 Å². The van der Waals surface area contributed by atoms with Gasteiger partial charge in [-0.15, -0.1) is 0 Å². The van der Waals surface area contributed by atoms with Crippen LogP contribution in [0.1, 0.15) is 38.3 Å². The summed E-state index contributed by atoms with van der Waals surface area (Å²) in [6, 6.07) is 6.06. The van der Waals surface area contributed by atoms with Crippen LogP contribution >= 0.6 is 0 Å². The maximum absolute atomic E-state index is 5.04. The van der Waals surface area contributed by atoms with Crippen LogP contribution in [0.4, 0.5) is 0 Å². The predicted octanol–water partition coefficient (Wildman–Crippen LogP) is 4.19. The van der Waals surface area contributed by atoms with Crippen LogP contribution < -0.4 is 0 Å². The molecular formula is C21H22N6. The zero-order valence-electron chi connectivity index (χ0n) is 15.6. The number of fused-ring (bicyclic) bond motifs is 1. The summed E-state index contributed by atoms with van der Waals surface area (Å²) in [6.45, 7) is 5.31. The molecule has 0 aromatic carbocycles. The summed E-state index contributed by atoms with van der Waals surface area (Å²) >= 11 is 0. The van der Waals surface area contributed by atoms with Gasteiger partial charge in [0.25, 0.3) is 0 Å². The highest BCUT2D eigenvalue weighted by Crippen LogP contribution is 2.44. The molecule has 1 saturated carbocycles. The highest BCUT2D eigenvalue weighted by Gasteiger charge is 2.32. The van der Waals surface area contributed by atoms with Gasteiger partial charge in [-0.1, -0.05) is 13.8 Å². The Morgan fingerprint density at radius 3 is 2.59 bits per heavy atom. The molecule has 136 valence electrons. The van der Waals surface area contributed by atoms with Gasteiger partial charge < -0.3 is 0 Å². The van der Waals surface area contributed by atoms with E-state index < -0.39 is 0 Å². The summed E-state index contributed by atoms with van der Waals surface area (Å²) in [7, 11) is 0. The Bertz CT molecular complexity index is 1090. The van der Waals surface area contributed by atoms with Gasteiger partial charge in [0.05, 0.1) is 17.6 Å². The Morgan fingerprint density at radius 1 is 1.04 bits per heavy atom. The van der Waals surface area contributed by atoms with Crippen LogP contribution in [0, 0.1) is 5.92 Å². The van der Waals surface area contributed by atoms with Crippen LogP contribution in [-0.4, -0.2) is 29.4 Å². The zero-order valence-corrected chi connectivity index (χ0v) is 15.6. The first-order chi connectivity index (χ1) is 13.2. The monoisotopic (exact) mass is 358 g/mol. The van der Waals surface area contributed by atoms with Crippen molar-refractivity contribution in [2.75, 3.05) is 0 Å². The molecule has 0 N–H and O–H groups in total. The molecular weight excluding hydrogens is 336 g/mol. The summed E-state index contributed by atoms with van der Waals surface area (Å²) in [6.07, 6.45) is 11.9. The SMILES string of the molecule is CC(C)Cn1cc(-c2c(C3CC3)nc3c(-c4ccncc4)ccnn23)cn1. The van der Waals surface area contributed by atoms with Crippen molar-refractivity contribution >= 4 is 5.65 Å². The summed E-state index contributed by atoms with van der Waals surface area (Å²) in [5.41, 5.74) is 6.40. The second kappa shape index (κ2) is 6.30. The summed E-state index contributed by atoms with van der Waals surface area (Å²) in [4.78, 5) is 9.17. The van der Waals surface area contributed by atoms with E-state index in [0.29, 0.717) is 11.8 Å². The van der Waals surface area contributed by atoms with Crippen LogP contribution in [0.5, 0.6) is 0 Å². The minimum absolute atomic E-state index is 0.528. The standard InChI is InChI=1S/C21H22N6/c1-14(2)12-26-13-17(11-24-26)20-19(16-3-4-16)25-21-18(7-10-23-27(20)21)15-5-8-22-9-6-15/h5-11,13-14,16H,3-4,12H2,1-2H3. The molecule has 4 heterocycles. The quantitative estimate of drug-likeness (QED) is 0.537. The molecule has 0 unspecified atom stereocenters. The summed E-state index contributed by atoms with van der Waals surface area (Å²) in [5, 5.41) is 9.21. The van der Waals surface area contributed by atoms with Crippen molar-refractivity contribution in [2.45, 2.75) is 39.2 Å². The Labute approximate surface area is 157 Å². The van der Waals surface area contributed by atoms with Crippen molar-refractivity contribution in [2.24, 2.45) is 5.92 Å². The molecule has 4 aromatic rings. The third-order valence-corrected chi connectivity index (χ3v) is 4.96. The van der Waals surface area contributed by atoms with Crippen molar-refractivity contribution in [1.29, 1.82) is 0 Å². The maximum atomic E-state index is 5.04. The fourth-order valence-electron chi connectivity index (χ4n) is 3.59. The largest absolute Gasteiger partial charge is 0.272 e. The fourth-order valence-corrected chi connectivity index (χ4v) is 3.59. The number of pyridine rings is 1. The van der Waals surface area contributed by atoms with Crippen LogP contribution in [0.3, 0.4) is 0 Å². The number of imidazole rings is 1. The molecule has 6 nitrogen and oxygen atoms in total. The van der Waals surface area contributed by atoms with Gasteiger partial charge in [0, 0.05) is 48.4 Å². The molecule has 1 aliphatic rings. The minimum atomic E-state index is 0.528. The van der Waals surface area contributed by atoms with E-state index in [2.05, 4.69) is 35.2 Å². The van der Waals surface area contributed by atoms with E-state index in [0.717, 1.165) is 40.3 Å². The van der Waals surface area contributed by atoms with Crippen LogP contribution in [0.15, 0.2) is 49.2 Å². The Hall–Kier alpha value is -3.02. The molecule has 0 amide bonds. The number of nitrogens with zero attached hydrogens (tertiary/aromatic N) is 6. The number of rotatable bonds is 5. The molecule has 0 spiro atoms. The lowest BCUT2D eigenvalue weighted by atomic mass is 10.1. The van der Waals surface area contributed by atoms with Crippen LogP contribution in [0.25, 0.3) is 28.0 Å². The smallest absolute Gasteiger partial charge is 0.162 e. The van der Waals surface area contributed by atoms with E-state index in [1.54, 1.807) is 0 Å². The fraction of sp³-hybridized carbons (Fsp3) is 0.333. The molecule has 5 rings (SSSR count). The lowest BCUT2D eigenvalue weighted by molar-refractivity contribution is 0.483. The molecule has 1 fully saturated rings. The third-order valence-electron chi connectivity index (χ3n) is 4.96. The van der Waals surface area contributed by atoms with E-state index in [9.17, 15) is 0 Å². The summed E-state index contributed by atoms with van der Waals surface area (Å²) in [5.74, 6) is 1.08. The molecule has 0 bridgehead atoms. The zero-order chi connectivity index (χ0) is 18.4. The van der Waals surface area contributed by atoms with E-state index in [-0.39, 0.29) is 0 Å². The molecule has 0 aliphatic heterocycles. The van der Waals surface area contributed by atoms with E-state index in [1.165, 1.54) is 12.8 Å². The Kier molecular flexibility index (Phi) is 3.77. The first kappa shape index (κ1) is 16.2. The summed E-state index contributed by atoms with van der Waals surface area (Å²) < 4.78 is 4.00. The highest BCUT2D eigenvalue weighted by molar-refractivity contribution is 5.80. The minimum Gasteiger partial charge on any atom is -0.272 e. The molecule has 6 heteroatoms. The molecule has 0 radical (unpaired) electrons. The predicted molar refractivity (Wildman–Crippen MR) is 104 cm³/mol. The lowest BCUT2D eigenvalue weighted by Gasteiger charge is -2.05. The van der Waals surface area contributed by atoms with Gasteiger partial charge in [0.15, 0.2) is 5.65 Å². The van der Waals surface area contributed by atoms with E-state index in [4.69, 9.17) is 4.98 Å². The van der Waals surface area contributed by atoms with Gasteiger partial charge in [0.2, 0.25) is 0 Å². The molecule has 0 atom stereocenters. The van der Waals surface area contributed by atoms with Crippen molar-refractivity contribution in [3.63, 3.8) is 0 Å². The van der Waals surface area contributed by atoms with Gasteiger partial charge in [0.1, 0.15) is 0 Å². The average molecular weight is 358 g/mol. The van der Waals surface area contributed by atoms with Crippen molar-refractivity contribution in [3.8, 4) is 22.4 Å². The average Bonchev–Trinajstić information content (AvgIpc) is 3.30. The van der Waals surface area contributed by atoms with Crippen LogP contribution in [0.2, 0.25) is 0 Å². The highest BCUT2D eigenvalue weighted by atomic mass is 15.3. The third kappa shape index (κ3) is 2.91. The Balaban J connectivity index is 1.70. The van der Waals surface area contributed by atoms with Gasteiger partial charge in [-0.25, -0.2) is 9.50 Å². The topological polar surface area (TPSA) is 60.9 Å².